The van der Waals surface area contributed by atoms with Crippen molar-refractivity contribution in [2.24, 2.45) is 0 Å². The summed E-state index contributed by atoms with van der Waals surface area (Å²) in [6.07, 6.45) is -2.04. The van der Waals surface area contributed by atoms with E-state index < -0.39 is 17.6 Å². The number of hydrogen-bond donors (Lipinski definition) is 2. The lowest BCUT2D eigenvalue weighted by atomic mass is 9.97. The topological polar surface area (TPSA) is 87.4 Å². The standard InChI is InChI=1S/C29H28F3IN6O/c1-16-4-5-18(13-21(16)17-6-8-22-19(12-17)15-35-28(34)37-22)27(40)36-23-14-20(29(30,31)32)7-9-24(23)39(3)25-10-11-38(2)26(25)33/h4-9,12-15,25-26H,10-11H2,1-3H3,(H,36,40)(H2,34,35,37)/t25-,26?/m0/s1. The summed E-state index contributed by atoms with van der Waals surface area (Å²) >= 11 is 2.35. The minimum absolute atomic E-state index is 0.0798. The second-order valence-corrected chi connectivity index (χ2v) is 11.3. The third-order valence-electron chi connectivity index (χ3n) is 7.37. The van der Waals surface area contributed by atoms with Crippen molar-refractivity contribution in [1.82, 2.24) is 14.9 Å². The normalized spacial score (nSPS) is 17.8. The lowest BCUT2D eigenvalue weighted by Crippen LogP contribution is -2.39. The van der Waals surface area contributed by atoms with Gasteiger partial charge in [0.1, 0.15) is 0 Å². The zero-order valence-electron chi connectivity index (χ0n) is 22.1. The molecule has 1 unspecified atom stereocenters. The van der Waals surface area contributed by atoms with E-state index in [9.17, 15) is 18.0 Å². The van der Waals surface area contributed by atoms with Gasteiger partial charge in [0.2, 0.25) is 5.95 Å². The van der Waals surface area contributed by atoms with E-state index >= 15 is 0 Å². The number of rotatable bonds is 5. The molecule has 2 atom stereocenters. The van der Waals surface area contributed by atoms with Crippen molar-refractivity contribution in [1.29, 1.82) is 0 Å². The molecule has 7 nitrogen and oxygen atoms in total. The Morgan fingerprint density at radius 2 is 1.93 bits per heavy atom. The fourth-order valence-corrected chi connectivity index (χ4v) is 6.17. The summed E-state index contributed by atoms with van der Waals surface area (Å²) in [5, 5.41) is 3.57. The van der Waals surface area contributed by atoms with Crippen LogP contribution in [-0.2, 0) is 6.18 Å². The Balaban J connectivity index is 1.49. The van der Waals surface area contributed by atoms with Crippen LogP contribution in [0.3, 0.4) is 0 Å². The summed E-state index contributed by atoms with van der Waals surface area (Å²) in [7, 11) is 3.88. The first-order valence-electron chi connectivity index (χ1n) is 12.7. The molecule has 5 rings (SSSR count). The van der Waals surface area contributed by atoms with Crippen molar-refractivity contribution in [2.75, 3.05) is 36.6 Å². The Hall–Kier alpha value is -3.45. The number of amides is 1. The molecule has 0 bridgehead atoms. The number of aryl methyl sites for hydroxylation is 1. The van der Waals surface area contributed by atoms with Crippen molar-refractivity contribution in [3.8, 4) is 11.1 Å². The zero-order chi connectivity index (χ0) is 28.8. The van der Waals surface area contributed by atoms with Gasteiger partial charge in [-0.05, 0) is 79.5 Å². The number of nitrogen functional groups attached to an aromatic ring is 1. The summed E-state index contributed by atoms with van der Waals surface area (Å²) in [4.78, 5) is 25.9. The van der Waals surface area contributed by atoms with Crippen LogP contribution in [0.2, 0.25) is 0 Å². The minimum Gasteiger partial charge on any atom is -0.368 e. The molecule has 0 spiro atoms. The van der Waals surface area contributed by atoms with Crippen LogP contribution >= 0.6 is 22.6 Å². The number of anilines is 3. The number of nitrogens with two attached hydrogens (primary N) is 1. The van der Waals surface area contributed by atoms with Crippen LogP contribution in [0.25, 0.3) is 22.0 Å². The fourth-order valence-electron chi connectivity index (χ4n) is 5.05. The Bertz CT molecular complexity index is 1590. The molecule has 208 valence electrons. The third-order valence-corrected chi connectivity index (χ3v) is 9.16. The molecule has 1 aromatic heterocycles. The number of benzene rings is 3. The molecule has 1 amide bonds. The van der Waals surface area contributed by atoms with Crippen LogP contribution in [0.1, 0.15) is 27.9 Å². The Labute approximate surface area is 243 Å². The van der Waals surface area contributed by atoms with Gasteiger partial charge < -0.3 is 16.0 Å². The highest BCUT2D eigenvalue weighted by Crippen LogP contribution is 2.38. The zero-order valence-corrected chi connectivity index (χ0v) is 24.3. The van der Waals surface area contributed by atoms with E-state index in [0.29, 0.717) is 16.8 Å². The van der Waals surface area contributed by atoms with E-state index in [4.69, 9.17) is 5.73 Å². The van der Waals surface area contributed by atoms with Gasteiger partial charge in [-0.15, -0.1) is 0 Å². The summed E-state index contributed by atoms with van der Waals surface area (Å²) in [5.74, 6) is -0.314. The molecule has 1 fully saturated rings. The first kappa shape index (κ1) is 28.1. The Morgan fingerprint density at radius 3 is 2.62 bits per heavy atom. The Kier molecular flexibility index (Phi) is 7.62. The molecule has 11 heteroatoms. The number of aromatic nitrogens is 2. The SMILES string of the molecule is Cc1ccc(C(=O)Nc2cc(C(F)(F)F)ccc2N(C)[C@H]2CCN(C)C2I)cc1-c1ccc2nc(N)ncc2c1. The van der Waals surface area contributed by atoms with E-state index in [1.165, 1.54) is 6.07 Å². The van der Waals surface area contributed by atoms with E-state index in [1.807, 2.05) is 50.2 Å². The summed E-state index contributed by atoms with van der Waals surface area (Å²) < 4.78 is 41.1. The van der Waals surface area contributed by atoms with E-state index in [1.54, 1.807) is 18.3 Å². The third kappa shape index (κ3) is 5.57. The smallest absolute Gasteiger partial charge is 0.368 e. The molecule has 4 aromatic rings. The minimum atomic E-state index is -4.54. The number of nitrogens with one attached hydrogen (secondary N) is 1. The molecule has 1 aliphatic rings. The molecule has 3 aromatic carbocycles. The predicted octanol–water partition coefficient (Wildman–Crippen LogP) is 6.36. The van der Waals surface area contributed by atoms with Crippen LogP contribution in [0.15, 0.2) is 60.8 Å². The maximum atomic E-state index is 13.6. The summed E-state index contributed by atoms with van der Waals surface area (Å²) in [6.45, 7) is 2.81. The van der Waals surface area contributed by atoms with E-state index in [-0.39, 0.29) is 21.7 Å². The molecule has 2 heterocycles. The number of likely N-dealkylation sites (N-methyl/N-ethyl adjacent to an activating group) is 2. The van der Waals surface area contributed by atoms with Gasteiger partial charge in [-0.2, -0.15) is 13.2 Å². The average molecular weight is 660 g/mol. The van der Waals surface area contributed by atoms with Gasteiger partial charge in [0.05, 0.1) is 32.5 Å². The highest BCUT2D eigenvalue weighted by molar-refractivity contribution is 14.1. The van der Waals surface area contributed by atoms with Crippen LogP contribution in [0.4, 0.5) is 30.5 Å². The van der Waals surface area contributed by atoms with Gasteiger partial charge in [0.15, 0.2) is 0 Å². The van der Waals surface area contributed by atoms with Crippen LogP contribution in [-0.4, -0.2) is 51.5 Å². The molecule has 40 heavy (non-hydrogen) atoms. The summed E-state index contributed by atoms with van der Waals surface area (Å²) in [6, 6.07) is 14.5. The highest BCUT2D eigenvalue weighted by atomic mass is 127. The molecular formula is C29H28F3IN6O. The second kappa shape index (κ2) is 10.8. The average Bonchev–Trinajstić information content (AvgIpc) is 3.25. The quantitative estimate of drug-likeness (QED) is 0.147. The molecule has 0 saturated carbocycles. The molecule has 0 radical (unpaired) electrons. The van der Waals surface area contributed by atoms with Gasteiger partial charge in [-0.1, -0.05) is 34.7 Å². The molecule has 0 aliphatic carbocycles. The first-order valence-corrected chi connectivity index (χ1v) is 13.9. The first-order chi connectivity index (χ1) is 18.9. The van der Waals surface area contributed by atoms with Crippen molar-refractivity contribution >= 4 is 56.7 Å². The van der Waals surface area contributed by atoms with Crippen LogP contribution in [0.5, 0.6) is 0 Å². The number of likely N-dealkylation sites (tertiary alicyclic amines) is 1. The molecule has 1 saturated heterocycles. The number of nitrogens with zero attached hydrogens (tertiary/aromatic N) is 4. The lowest BCUT2D eigenvalue weighted by Gasteiger charge is -2.32. The van der Waals surface area contributed by atoms with Crippen LogP contribution in [0, 0.1) is 6.92 Å². The predicted molar refractivity (Wildman–Crippen MR) is 161 cm³/mol. The number of fused-ring (bicyclic) bond motifs is 1. The maximum absolute atomic E-state index is 13.6. The van der Waals surface area contributed by atoms with E-state index in [2.05, 4.69) is 42.8 Å². The highest BCUT2D eigenvalue weighted by Gasteiger charge is 2.35. The van der Waals surface area contributed by atoms with Crippen molar-refractivity contribution in [3.63, 3.8) is 0 Å². The van der Waals surface area contributed by atoms with Crippen molar-refractivity contribution < 1.29 is 18.0 Å². The van der Waals surface area contributed by atoms with Gasteiger partial charge in [-0.25, -0.2) is 9.97 Å². The Morgan fingerprint density at radius 1 is 1.15 bits per heavy atom. The number of alkyl halides is 4. The number of carbonyl (C=O) groups excluding carboxylic acids is 1. The molecule has 3 N–H and O–H groups in total. The van der Waals surface area contributed by atoms with Gasteiger partial charge in [-0.3, -0.25) is 9.69 Å². The van der Waals surface area contributed by atoms with Gasteiger partial charge in [0, 0.05) is 30.7 Å². The number of halogens is 4. The summed E-state index contributed by atoms with van der Waals surface area (Å²) in [5.41, 5.74) is 9.14. The molecular weight excluding hydrogens is 632 g/mol. The molecule has 1 aliphatic heterocycles. The monoisotopic (exact) mass is 660 g/mol. The number of carbonyl (C=O) groups is 1. The van der Waals surface area contributed by atoms with Crippen LogP contribution < -0.4 is 16.0 Å². The van der Waals surface area contributed by atoms with Gasteiger partial charge in [0.25, 0.3) is 5.91 Å². The largest absolute Gasteiger partial charge is 0.416 e. The second-order valence-electron chi connectivity index (χ2n) is 10.0. The lowest BCUT2D eigenvalue weighted by molar-refractivity contribution is -0.137. The fraction of sp³-hybridized carbons (Fsp3) is 0.276. The van der Waals surface area contributed by atoms with Crippen molar-refractivity contribution in [3.05, 3.63) is 77.5 Å². The maximum Gasteiger partial charge on any atom is 0.416 e. The number of hydrogen-bond acceptors (Lipinski definition) is 6. The van der Waals surface area contributed by atoms with E-state index in [0.717, 1.165) is 47.2 Å². The van der Waals surface area contributed by atoms with Gasteiger partial charge >= 0.3 is 6.18 Å². The van der Waals surface area contributed by atoms with Crippen molar-refractivity contribution in [2.45, 2.75) is 29.6 Å².